The maximum Gasteiger partial charge on any atom is 0.162 e. The number of alkyl halides is 1. The molecule has 0 aliphatic heterocycles. The van der Waals surface area contributed by atoms with Gasteiger partial charge in [-0.1, -0.05) is 29.3 Å². The summed E-state index contributed by atoms with van der Waals surface area (Å²) in [7, 11) is 0. The summed E-state index contributed by atoms with van der Waals surface area (Å²) in [4.78, 5) is 11.7. The number of ether oxygens (including phenoxy) is 1. The molecule has 0 bridgehead atoms. The fourth-order valence-electron chi connectivity index (χ4n) is 1.44. The van der Waals surface area contributed by atoms with Gasteiger partial charge < -0.3 is 4.74 Å². The van der Waals surface area contributed by atoms with Crippen LogP contribution in [0.1, 0.15) is 43.0 Å². The van der Waals surface area contributed by atoms with Crippen molar-refractivity contribution < 1.29 is 9.53 Å². The normalized spacial score (nSPS) is 10.2. The van der Waals surface area contributed by atoms with E-state index in [1.165, 1.54) is 0 Å². The molecule has 17 heavy (non-hydrogen) atoms. The predicted molar refractivity (Wildman–Crippen MR) is 74.2 cm³/mol. The van der Waals surface area contributed by atoms with Crippen LogP contribution in [0.3, 0.4) is 0 Å². The molecule has 0 saturated carbocycles. The molecular formula is C14H19BrO2. The lowest BCUT2D eigenvalue weighted by Gasteiger charge is -2.06. The second-order valence-electron chi connectivity index (χ2n) is 3.94. The highest BCUT2D eigenvalue weighted by Crippen LogP contribution is 2.14. The summed E-state index contributed by atoms with van der Waals surface area (Å²) in [6.07, 6.45) is 3.67. The van der Waals surface area contributed by atoms with Crippen molar-refractivity contribution in [3.8, 4) is 5.75 Å². The van der Waals surface area contributed by atoms with Crippen LogP contribution in [0.25, 0.3) is 0 Å². The van der Waals surface area contributed by atoms with Crippen molar-refractivity contribution in [2.45, 2.75) is 32.6 Å². The lowest BCUT2D eigenvalue weighted by atomic mass is 10.1. The van der Waals surface area contributed by atoms with Crippen molar-refractivity contribution >= 4 is 21.7 Å². The molecule has 0 radical (unpaired) electrons. The Morgan fingerprint density at radius 3 is 2.53 bits per heavy atom. The number of Topliss-reactive ketones (excluding diaryl/α,β-unsaturated/α-hetero) is 1. The van der Waals surface area contributed by atoms with Gasteiger partial charge in [0.1, 0.15) is 5.75 Å². The first-order valence-electron chi connectivity index (χ1n) is 6.10. The summed E-state index contributed by atoms with van der Waals surface area (Å²) in [5.74, 6) is 1.04. The van der Waals surface area contributed by atoms with E-state index in [2.05, 4.69) is 22.9 Å². The summed E-state index contributed by atoms with van der Waals surface area (Å²) in [6, 6.07) is 7.43. The van der Waals surface area contributed by atoms with Gasteiger partial charge in [0, 0.05) is 17.3 Å². The van der Waals surface area contributed by atoms with Gasteiger partial charge in [-0.15, -0.1) is 0 Å². The molecule has 0 heterocycles. The van der Waals surface area contributed by atoms with E-state index >= 15 is 0 Å². The first-order valence-corrected chi connectivity index (χ1v) is 7.22. The van der Waals surface area contributed by atoms with Gasteiger partial charge in [-0.2, -0.15) is 0 Å². The van der Waals surface area contributed by atoms with E-state index in [9.17, 15) is 4.79 Å². The lowest BCUT2D eigenvalue weighted by Crippen LogP contribution is -2.00. The largest absolute Gasteiger partial charge is 0.494 e. The van der Waals surface area contributed by atoms with Gasteiger partial charge in [-0.25, -0.2) is 0 Å². The molecule has 0 aliphatic rings. The van der Waals surface area contributed by atoms with Crippen LogP contribution in [0.15, 0.2) is 24.3 Å². The van der Waals surface area contributed by atoms with Crippen LogP contribution in [0.4, 0.5) is 0 Å². The molecule has 1 aromatic carbocycles. The Kier molecular flexibility index (Phi) is 6.94. The lowest BCUT2D eigenvalue weighted by molar-refractivity contribution is 0.0982. The maximum atomic E-state index is 11.7. The van der Waals surface area contributed by atoms with Gasteiger partial charge in [-0.3, -0.25) is 4.79 Å². The molecule has 0 aromatic heterocycles. The monoisotopic (exact) mass is 298 g/mol. The minimum absolute atomic E-state index is 0.199. The molecule has 1 aromatic rings. The molecule has 0 saturated heterocycles. The Labute approximate surface area is 111 Å². The molecule has 0 aliphatic carbocycles. The number of carbonyl (C=O) groups is 1. The average Bonchev–Trinajstić information content (AvgIpc) is 2.37. The number of unbranched alkanes of at least 4 members (excludes halogenated alkanes) is 1. The summed E-state index contributed by atoms with van der Waals surface area (Å²) in [5, 5.41) is 0.872. The molecule has 3 heteroatoms. The summed E-state index contributed by atoms with van der Waals surface area (Å²) < 4.78 is 5.54. The number of carbonyl (C=O) groups excluding carboxylic acids is 1. The summed E-state index contributed by atoms with van der Waals surface area (Å²) in [5.41, 5.74) is 0.772. The van der Waals surface area contributed by atoms with Crippen LogP contribution >= 0.6 is 15.9 Å². The van der Waals surface area contributed by atoms with Crippen molar-refractivity contribution in [3.63, 3.8) is 0 Å². The van der Waals surface area contributed by atoms with Gasteiger partial charge in [-0.05, 0) is 37.1 Å². The number of benzene rings is 1. The molecule has 0 N–H and O–H groups in total. The minimum atomic E-state index is 0.199. The zero-order chi connectivity index (χ0) is 12.5. The van der Waals surface area contributed by atoms with Crippen LogP contribution in [0.2, 0.25) is 0 Å². The second-order valence-corrected chi connectivity index (χ2v) is 4.74. The van der Waals surface area contributed by atoms with E-state index in [-0.39, 0.29) is 5.78 Å². The van der Waals surface area contributed by atoms with Crippen LogP contribution in [0, 0.1) is 0 Å². The number of halogens is 1. The van der Waals surface area contributed by atoms with Crippen molar-refractivity contribution in [1.29, 1.82) is 0 Å². The number of ketones is 1. The van der Waals surface area contributed by atoms with Crippen LogP contribution in [-0.2, 0) is 0 Å². The fourth-order valence-corrected chi connectivity index (χ4v) is 1.72. The molecular weight excluding hydrogens is 280 g/mol. The van der Waals surface area contributed by atoms with Crippen molar-refractivity contribution in [3.05, 3.63) is 29.8 Å². The van der Waals surface area contributed by atoms with E-state index in [4.69, 9.17) is 4.74 Å². The third kappa shape index (κ3) is 5.35. The number of hydrogen-bond acceptors (Lipinski definition) is 2. The van der Waals surface area contributed by atoms with Crippen molar-refractivity contribution in [2.75, 3.05) is 11.9 Å². The average molecular weight is 299 g/mol. The van der Waals surface area contributed by atoms with Crippen molar-refractivity contribution in [1.82, 2.24) is 0 Å². The highest BCUT2D eigenvalue weighted by molar-refractivity contribution is 9.09. The van der Waals surface area contributed by atoms with Gasteiger partial charge in [0.15, 0.2) is 5.78 Å². The van der Waals surface area contributed by atoms with E-state index in [0.717, 1.165) is 42.5 Å². The van der Waals surface area contributed by atoms with E-state index in [1.807, 2.05) is 24.3 Å². The van der Waals surface area contributed by atoms with Gasteiger partial charge >= 0.3 is 0 Å². The van der Waals surface area contributed by atoms with Crippen LogP contribution in [0.5, 0.6) is 5.75 Å². The number of rotatable bonds is 8. The van der Waals surface area contributed by atoms with Crippen LogP contribution in [-0.4, -0.2) is 17.7 Å². The standard InChI is InChI=1S/C14H19BrO2/c1-2-3-11-17-13-8-6-12(7-9-13)14(16)5-4-10-15/h6-9H,2-5,10-11H2,1H3. The van der Waals surface area contributed by atoms with E-state index in [1.54, 1.807) is 0 Å². The third-order valence-electron chi connectivity index (χ3n) is 2.48. The highest BCUT2D eigenvalue weighted by Gasteiger charge is 2.05. The molecule has 94 valence electrons. The Morgan fingerprint density at radius 1 is 1.24 bits per heavy atom. The van der Waals surface area contributed by atoms with E-state index < -0.39 is 0 Å². The third-order valence-corrected chi connectivity index (χ3v) is 3.04. The summed E-state index contributed by atoms with van der Waals surface area (Å²) >= 11 is 3.33. The first kappa shape index (κ1) is 14.2. The molecule has 1 rings (SSSR count). The summed E-state index contributed by atoms with van der Waals surface area (Å²) in [6.45, 7) is 2.88. The maximum absolute atomic E-state index is 11.7. The van der Waals surface area contributed by atoms with E-state index in [0.29, 0.717) is 6.42 Å². The quantitative estimate of drug-likeness (QED) is 0.408. The number of hydrogen-bond donors (Lipinski definition) is 0. The highest BCUT2D eigenvalue weighted by atomic mass is 79.9. The smallest absolute Gasteiger partial charge is 0.162 e. The molecule has 0 unspecified atom stereocenters. The van der Waals surface area contributed by atoms with Crippen LogP contribution < -0.4 is 4.74 Å². The topological polar surface area (TPSA) is 26.3 Å². The Bertz CT molecular complexity index is 333. The Morgan fingerprint density at radius 2 is 1.94 bits per heavy atom. The zero-order valence-corrected chi connectivity index (χ0v) is 11.8. The van der Waals surface area contributed by atoms with Gasteiger partial charge in [0.2, 0.25) is 0 Å². The fraction of sp³-hybridized carbons (Fsp3) is 0.500. The first-order chi connectivity index (χ1) is 8.27. The Balaban J connectivity index is 2.46. The molecule has 2 nitrogen and oxygen atoms in total. The zero-order valence-electron chi connectivity index (χ0n) is 10.2. The SMILES string of the molecule is CCCCOc1ccc(C(=O)CCCBr)cc1. The molecule has 0 amide bonds. The Hall–Kier alpha value is -0.830. The van der Waals surface area contributed by atoms with Crippen molar-refractivity contribution in [2.24, 2.45) is 0 Å². The molecule has 0 spiro atoms. The molecule has 0 atom stereocenters. The minimum Gasteiger partial charge on any atom is -0.494 e. The molecule has 0 fully saturated rings. The second kappa shape index (κ2) is 8.29. The predicted octanol–water partition coefficient (Wildman–Crippen LogP) is 4.22. The van der Waals surface area contributed by atoms with Gasteiger partial charge in [0.05, 0.1) is 6.61 Å². The van der Waals surface area contributed by atoms with Gasteiger partial charge in [0.25, 0.3) is 0 Å².